The lowest BCUT2D eigenvalue weighted by Crippen LogP contribution is -2.52. The molecule has 0 aromatic rings. The molecule has 2 rings (SSSR count). The number of unbranched alkanes of at least 4 members (excludes halogenated alkanes) is 16. The molecule has 9 unspecified atom stereocenters. The van der Waals surface area contributed by atoms with Crippen molar-refractivity contribution in [3.05, 3.63) is 0 Å². The highest BCUT2D eigenvalue weighted by Gasteiger charge is 2.52. The maximum absolute atomic E-state index is 13.9. The minimum absolute atomic E-state index is 0.00528. The number of nitrogens with one attached hydrogen (secondary N) is 3. The molecule has 2 aliphatic rings. The molecule has 2 aliphatic heterocycles. The van der Waals surface area contributed by atoms with Crippen molar-refractivity contribution in [2.45, 2.75) is 206 Å². The number of fused-ring (bicyclic) bond motifs is 1. The van der Waals surface area contributed by atoms with E-state index in [1.807, 2.05) is 37.7 Å². The molecule has 2 fully saturated rings. The van der Waals surface area contributed by atoms with Gasteiger partial charge >= 0.3 is 11.9 Å². The van der Waals surface area contributed by atoms with E-state index in [9.17, 15) is 34.2 Å². The van der Waals surface area contributed by atoms with Gasteiger partial charge in [0.25, 0.3) is 0 Å². The molecule has 9 atom stereocenters. The Bertz CT molecular complexity index is 1180. The van der Waals surface area contributed by atoms with Crippen molar-refractivity contribution in [1.82, 2.24) is 26.0 Å². The van der Waals surface area contributed by atoms with Gasteiger partial charge in [0, 0.05) is 48.6 Å². The Balaban J connectivity index is 1.71. The van der Waals surface area contributed by atoms with Gasteiger partial charge in [-0.2, -0.15) is 0 Å². The van der Waals surface area contributed by atoms with E-state index in [4.69, 9.17) is 5.11 Å². The van der Waals surface area contributed by atoms with Crippen LogP contribution in [0.3, 0.4) is 0 Å². The number of carboxylic acids is 2. The van der Waals surface area contributed by atoms with Gasteiger partial charge in [0.1, 0.15) is 12.3 Å². The van der Waals surface area contributed by atoms with Crippen molar-refractivity contribution >= 4 is 51.1 Å². The van der Waals surface area contributed by atoms with Crippen LogP contribution in [0.5, 0.6) is 0 Å². The standard InChI is InChI=1S/C41H75N5O8S2/c1-29(2)42-41(54)35-28-56-55-27-33(40(53)43-31(4)45-32(5)46(35)45)30(3)39(52)34(25-26-38(50)51)44-36(47)23-21-19-17-15-13-11-9-7-6-8-10-12-14-16-18-20-22-24-37(48)49/h29-35,40,43,53H,6-28H2,1-5H3,(H,42,54)(H,44,47)(H,48,49)(H,50,51). The molecule has 13 nitrogen and oxygen atoms in total. The summed E-state index contributed by atoms with van der Waals surface area (Å²) in [4.78, 5) is 62.0. The van der Waals surface area contributed by atoms with Crippen LogP contribution in [0.25, 0.3) is 0 Å². The summed E-state index contributed by atoms with van der Waals surface area (Å²) in [5, 5.41) is 42.6. The zero-order valence-corrected chi connectivity index (χ0v) is 36.6. The molecule has 6 N–H and O–H groups in total. The van der Waals surface area contributed by atoms with Crippen LogP contribution in [-0.2, 0) is 24.0 Å². The summed E-state index contributed by atoms with van der Waals surface area (Å²) in [5.41, 5.74) is 0. The molecular weight excluding hydrogens is 755 g/mol. The van der Waals surface area contributed by atoms with Gasteiger partial charge in [0.05, 0.1) is 18.4 Å². The van der Waals surface area contributed by atoms with Crippen LogP contribution >= 0.6 is 21.6 Å². The van der Waals surface area contributed by atoms with Gasteiger partial charge in [-0.1, -0.05) is 125 Å². The van der Waals surface area contributed by atoms with Gasteiger partial charge < -0.3 is 26.0 Å². The maximum Gasteiger partial charge on any atom is 0.303 e. The Labute approximate surface area is 344 Å². The first-order chi connectivity index (χ1) is 26.7. The summed E-state index contributed by atoms with van der Waals surface area (Å²) >= 11 is 0. The first kappa shape index (κ1) is 50.2. The molecule has 0 spiro atoms. The third kappa shape index (κ3) is 20.2. The molecule has 0 aromatic carbocycles. The Hall–Kier alpha value is -1.91. The number of hydrazine groups is 1. The summed E-state index contributed by atoms with van der Waals surface area (Å²) in [7, 11) is 3.03. The Morgan fingerprint density at radius 1 is 0.661 bits per heavy atom. The summed E-state index contributed by atoms with van der Waals surface area (Å²) in [6, 6.07) is -1.32. The van der Waals surface area contributed by atoms with Crippen LogP contribution < -0.4 is 16.0 Å². The second-order valence-electron chi connectivity index (χ2n) is 16.2. The second-order valence-corrected chi connectivity index (χ2v) is 18.8. The van der Waals surface area contributed by atoms with E-state index in [1.165, 1.54) is 85.8 Å². The molecule has 0 bridgehead atoms. The predicted octanol–water partition coefficient (Wildman–Crippen LogP) is 7.07. The van der Waals surface area contributed by atoms with E-state index >= 15 is 0 Å². The highest BCUT2D eigenvalue weighted by Crippen LogP contribution is 2.38. The molecule has 15 heteroatoms. The number of hydrogen-bond donors (Lipinski definition) is 6. The number of Topliss-reactive ketones (excluding diaryl/α,β-unsaturated/α-hetero) is 1. The van der Waals surface area contributed by atoms with E-state index in [0.29, 0.717) is 24.3 Å². The lowest BCUT2D eigenvalue weighted by Gasteiger charge is -2.32. The van der Waals surface area contributed by atoms with Crippen LogP contribution in [0.15, 0.2) is 0 Å². The van der Waals surface area contributed by atoms with E-state index in [0.717, 1.165) is 38.5 Å². The van der Waals surface area contributed by atoms with Crippen molar-refractivity contribution in [2.24, 2.45) is 11.8 Å². The zero-order chi connectivity index (χ0) is 41.5. The summed E-state index contributed by atoms with van der Waals surface area (Å²) in [6.45, 7) is 9.54. The normalized spacial score (nSPS) is 25.0. The monoisotopic (exact) mass is 830 g/mol. The number of rotatable bonds is 29. The van der Waals surface area contributed by atoms with Gasteiger partial charge in [-0.25, -0.2) is 10.0 Å². The van der Waals surface area contributed by atoms with Crippen molar-refractivity contribution in [3.8, 4) is 0 Å². The molecule has 0 aromatic heterocycles. The number of amides is 2. The minimum atomic E-state index is -1.04. The Kier molecular flexibility index (Phi) is 25.6. The highest BCUT2D eigenvalue weighted by atomic mass is 33.1. The quantitative estimate of drug-likeness (QED) is 0.0255. The van der Waals surface area contributed by atoms with Gasteiger partial charge in [-0.15, -0.1) is 0 Å². The molecule has 0 radical (unpaired) electrons. The number of carbonyl (C=O) groups excluding carboxylic acids is 3. The summed E-state index contributed by atoms with van der Waals surface area (Å²) < 4.78 is 0. The number of ketones is 1. The van der Waals surface area contributed by atoms with Gasteiger partial charge in [-0.3, -0.25) is 29.3 Å². The van der Waals surface area contributed by atoms with Gasteiger partial charge in [-0.05, 0) is 47.0 Å². The van der Waals surface area contributed by atoms with Crippen molar-refractivity contribution in [3.63, 3.8) is 0 Å². The van der Waals surface area contributed by atoms with Crippen LogP contribution in [0.1, 0.15) is 169 Å². The number of hydrogen-bond acceptors (Lipinski definition) is 11. The van der Waals surface area contributed by atoms with E-state index in [1.54, 1.807) is 6.92 Å². The number of aliphatic hydroxyl groups is 1. The summed E-state index contributed by atoms with van der Waals surface area (Å²) in [5.74, 6) is -2.54. The predicted molar refractivity (Wildman–Crippen MR) is 226 cm³/mol. The third-order valence-electron chi connectivity index (χ3n) is 11.0. The minimum Gasteiger partial charge on any atom is -0.481 e. The van der Waals surface area contributed by atoms with Crippen LogP contribution in [0.4, 0.5) is 0 Å². The first-order valence-corrected chi connectivity index (χ1v) is 24.1. The third-order valence-corrected chi connectivity index (χ3v) is 13.5. The SMILES string of the molecule is CC(C)NC(=O)C1CSSCC(C(C)C(=O)C(CCC(=O)O)NC(=O)CCCCCCCCCCCCCCCCCCCC(=O)O)C(O)NC(C)N2C(C)N12. The van der Waals surface area contributed by atoms with Crippen LogP contribution in [0.2, 0.25) is 0 Å². The number of aliphatic carboxylic acids is 2. The first-order valence-electron chi connectivity index (χ1n) is 21.6. The van der Waals surface area contributed by atoms with E-state index < -0.39 is 36.0 Å². The lowest BCUT2D eigenvalue weighted by molar-refractivity contribution is -0.139. The van der Waals surface area contributed by atoms with E-state index in [2.05, 4.69) is 16.0 Å². The van der Waals surface area contributed by atoms with Crippen molar-refractivity contribution in [2.75, 3.05) is 11.5 Å². The molecule has 324 valence electrons. The molecule has 2 heterocycles. The fourth-order valence-electron chi connectivity index (χ4n) is 7.65. The molecule has 0 aliphatic carbocycles. The zero-order valence-electron chi connectivity index (χ0n) is 35.0. The lowest BCUT2D eigenvalue weighted by atomic mass is 9.85. The maximum atomic E-state index is 13.9. The fraction of sp³-hybridized carbons (Fsp3) is 0.878. The average Bonchev–Trinajstić information content (AvgIpc) is 3.80. The number of carbonyl (C=O) groups is 5. The number of carboxylic acid groups (broad SMARTS) is 2. The van der Waals surface area contributed by atoms with Crippen LogP contribution in [0, 0.1) is 11.8 Å². The second kappa shape index (κ2) is 28.5. The van der Waals surface area contributed by atoms with Crippen LogP contribution in [-0.4, -0.2) is 103 Å². The number of aliphatic hydroxyl groups excluding tert-OH is 1. The largest absolute Gasteiger partial charge is 0.481 e. The number of nitrogens with zero attached hydrogens (tertiary/aromatic N) is 2. The van der Waals surface area contributed by atoms with Crippen molar-refractivity contribution < 1.29 is 39.3 Å². The topological polar surface area (TPSA) is 188 Å². The smallest absolute Gasteiger partial charge is 0.303 e. The molecule has 56 heavy (non-hydrogen) atoms. The molecular formula is C41H75N5O8S2. The summed E-state index contributed by atoms with van der Waals surface area (Å²) in [6.07, 6.45) is 18.3. The highest BCUT2D eigenvalue weighted by molar-refractivity contribution is 8.76. The van der Waals surface area contributed by atoms with Gasteiger partial charge in [0.15, 0.2) is 5.78 Å². The molecule has 0 saturated carbocycles. The van der Waals surface area contributed by atoms with Gasteiger partial charge in [0.2, 0.25) is 11.8 Å². The Morgan fingerprint density at radius 2 is 1.12 bits per heavy atom. The molecule has 2 saturated heterocycles. The molecule has 2 amide bonds. The Morgan fingerprint density at radius 3 is 1.61 bits per heavy atom. The average molecular weight is 830 g/mol. The van der Waals surface area contributed by atoms with Crippen molar-refractivity contribution in [1.29, 1.82) is 0 Å². The van der Waals surface area contributed by atoms with E-state index in [-0.39, 0.29) is 61.3 Å². The fourth-order valence-corrected chi connectivity index (χ4v) is 10.3.